The van der Waals surface area contributed by atoms with E-state index in [-0.39, 0.29) is 5.54 Å². The molecule has 0 saturated heterocycles. The van der Waals surface area contributed by atoms with Gasteiger partial charge >= 0.3 is 0 Å². The summed E-state index contributed by atoms with van der Waals surface area (Å²) in [6, 6.07) is 0. The standard InChI is InChI=1S/C13H23N3/c1-4-7-16-12(14)15-9-13(16)6-5-10(2)8-11(13)3/h4,10-11H,1,5-9H2,2-3H3,(H2,14,15). The van der Waals surface area contributed by atoms with Crippen LogP contribution in [0.1, 0.15) is 33.1 Å². The first-order chi connectivity index (χ1) is 7.60. The Balaban J connectivity index is 2.21. The molecule has 2 N–H and O–H groups in total. The third-order valence-electron chi connectivity index (χ3n) is 4.38. The lowest BCUT2D eigenvalue weighted by Crippen LogP contribution is -2.57. The average Bonchev–Trinajstić information content (AvgIpc) is 2.55. The summed E-state index contributed by atoms with van der Waals surface area (Å²) in [6.07, 6.45) is 5.73. The van der Waals surface area contributed by atoms with Gasteiger partial charge in [-0.1, -0.05) is 19.9 Å². The van der Waals surface area contributed by atoms with Crippen LogP contribution < -0.4 is 5.73 Å². The molecule has 1 saturated carbocycles. The van der Waals surface area contributed by atoms with Crippen molar-refractivity contribution >= 4 is 5.96 Å². The van der Waals surface area contributed by atoms with Crippen LogP contribution in [0.25, 0.3) is 0 Å². The number of rotatable bonds is 2. The summed E-state index contributed by atoms with van der Waals surface area (Å²) >= 11 is 0. The van der Waals surface area contributed by atoms with Gasteiger partial charge in [-0.25, -0.2) is 0 Å². The molecule has 1 spiro atoms. The molecular formula is C13H23N3. The molecule has 3 atom stereocenters. The summed E-state index contributed by atoms with van der Waals surface area (Å²) in [4.78, 5) is 6.74. The van der Waals surface area contributed by atoms with Gasteiger partial charge in [-0.3, -0.25) is 4.99 Å². The third-order valence-corrected chi connectivity index (χ3v) is 4.38. The molecule has 1 fully saturated rings. The van der Waals surface area contributed by atoms with Crippen LogP contribution in [0.5, 0.6) is 0 Å². The minimum Gasteiger partial charge on any atom is -0.370 e. The summed E-state index contributed by atoms with van der Waals surface area (Å²) in [6.45, 7) is 10.2. The van der Waals surface area contributed by atoms with E-state index in [9.17, 15) is 0 Å². The van der Waals surface area contributed by atoms with Crippen molar-refractivity contribution in [2.24, 2.45) is 22.6 Å². The quantitative estimate of drug-likeness (QED) is 0.725. The summed E-state index contributed by atoms with van der Waals surface area (Å²) in [7, 11) is 0. The van der Waals surface area contributed by atoms with Gasteiger partial charge in [-0.15, -0.1) is 6.58 Å². The second-order valence-corrected chi connectivity index (χ2v) is 5.46. The molecule has 3 unspecified atom stereocenters. The number of nitrogens with two attached hydrogens (primary N) is 1. The van der Waals surface area contributed by atoms with Gasteiger partial charge in [0, 0.05) is 6.54 Å². The zero-order valence-corrected chi connectivity index (χ0v) is 10.4. The van der Waals surface area contributed by atoms with Crippen molar-refractivity contribution in [3.8, 4) is 0 Å². The Kier molecular flexibility index (Phi) is 2.96. The minimum absolute atomic E-state index is 0.185. The second kappa shape index (κ2) is 4.11. The fraction of sp³-hybridized carbons (Fsp3) is 0.769. The fourth-order valence-electron chi connectivity index (χ4n) is 3.34. The van der Waals surface area contributed by atoms with E-state index in [0.717, 1.165) is 19.0 Å². The summed E-state index contributed by atoms with van der Waals surface area (Å²) in [5, 5.41) is 0. The second-order valence-electron chi connectivity index (χ2n) is 5.46. The normalized spacial score (nSPS) is 38.9. The first-order valence-electron chi connectivity index (χ1n) is 6.28. The number of guanidine groups is 1. The van der Waals surface area contributed by atoms with Crippen LogP contribution in [-0.2, 0) is 0 Å². The molecule has 0 aromatic rings. The van der Waals surface area contributed by atoms with Crippen molar-refractivity contribution in [1.29, 1.82) is 0 Å². The zero-order valence-electron chi connectivity index (χ0n) is 10.4. The smallest absolute Gasteiger partial charge is 0.192 e. The first-order valence-corrected chi connectivity index (χ1v) is 6.28. The largest absolute Gasteiger partial charge is 0.370 e. The van der Waals surface area contributed by atoms with Crippen molar-refractivity contribution in [2.45, 2.75) is 38.6 Å². The maximum absolute atomic E-state index is 6.00. The Morgan fingerprint density at radius 3 is 3.00 bits per heavy atom. The van der Waals surface area contributed by atoms with Crippen LogP contribution in [0, 0.1) is 11.8 Å². The van der Waals surface area contributed by atoms with Crippen LogP contribution in [0.2, 0.25) is 0 Å². The Bertz CT molecular complexity index is 310. The highest BCUT2D eigenvalue weighted by Crippen LogP contribution is 2.43. The van der Waals surface area contributed by atoms with Crippen LogP contribution in [-0.4, -0.2) is 29.5 Å². The lowest BCUT2D eigenvalue weighted by molar-refractivity contribution is 0.0692. The third kappa shape index (κ3) is 1.62. The molecule has 3 heteroatoms. The Labute approximate surface area is 98.4 Å². The molecule has 0 bridgehead atoms. The van der Waals surface area contributed by atoms with E-state index < -0.39 is 0 Å². The van der Waals surface area contributed by atoms with Gasteiger partial charge in [0.2, 0.25) is 0 Å². The number of hydrogen-bond donors (Lipinski definition) is 1. The summed E-state index contributed by atoms with van der Waals surface area (Å²) < 4.78 is 0. The summed E-state index contributed by atoms with van der Waals surface area (Å²) in [5.41, 5.74) is 6.18. The summed E-state index contributed by atoms with van der Waals surface area (Å²) in [5.74, 6) is 2.22. The van der Waals surface area contributed by atoms with E-state index in [1.165, 1.54) is 19.3 Å². The number of hydrogen-bond acceptors (Lipinski definition) is 3. The number of nitrogens with zero attached hydrogens (tertiary/aromatic N) is 2. The molecule has 1 heterocycles. The first kappa shape index (κ1) is 11.5. The number of aliphatic imine (C=N–C) groups is 1. The molecule has 0 aromatic carbocycles. The Hall–Kier alpha value is -0.990. The highest BCUT2D eigenvalue weighted by molar-refractivity contribution is 5.81. The topological polar surface area (TPSA) is 41.6 Å². The van der Waals surface area contributed by atoms with E-state index >= 15 is 0 Å². The highest BCUT2D eigenvalue weighted by atomic mass is 15.4. The molecule has 1 aliphatic heterocycles. The van der Waals surface area contributed by atoms with Crippen molar-refractivity contribution in [2.75, 3.05) is 13.1 Å². The molecule has 90 valence electrons. The van der Waals surface area contributed by atoms with Gasteiger partial charge < -0.3 is 10.6 Å². The molecule has 2 aliphatic rings. The molecule has 16 heavy (non-hydrogen) atoms. The zero-order chi connectivity index (χ0) is 11.8. The highest BCUT2D eigenvalue weighted by Gasteiger charge is 2.48. The van der Waals surface area contributed by atoms with Gasteiger partial charge in [0.1, 0.15) is 0 Å². The molecule has 3 nitrogen and oxygen atoms in total. The van der Waals surface area contributed by atoms with Crippen molar-refractivity contribution < 1.29 is 0 Å². The van der Waals surface area contributed by atoms with Gasteiger partial charge in [0.15, 0.2) is 5.96 Å². The van der Waals surface area contributed by atoms with E-state index in [1.54, 1.807) is 0 Å². The minimum atomic E-state index is 0.185. The van der Waals surface area contributed by atoms with Gasteiger partial charge in [-0.2, -0.15) is 0 Å². The van der Waals surface area contributed by atoms with Crippen LogP contribution in [0.4, 0.5) is 0 Å². The van der Waals surface area contributed by atoms with Gasteiger partial charge in [-0.05, 0) is 31.1 Å². The van der Waals surface area contributed by atoms with Crippen LogP contribution in [0.3, 0.4) is 0 Å². The van der Waals surface area contributed by atoms with E-state index in [1.807, 2.05) is 6.08 Å². The molecule has 0 amide bonds. The lowest BCUT2D eigenvalue weighted by atomic mass is 9.69. The van der Waals surface area contributed by atoms with Crippen LogP contribution >= 0.6 is 0 Å². The predicted octanol–water partition coefficient (Wildman–Crippen LogP) is 2.00. The maximum atomic E-state index is 6.00. The monoisotopic (exact) mass is 221 g/mol. The van der Waals surface area contributed by atoms with Crippen molar-refractivity contribution in [3.05, 3.63) is 12.7 Å². The lowest BCUT2D eigenvalue weighted by Gasteiger charge is -2.48. The SMILES string of the molecule is C=CCN1C(N)=NCC12CCC(C)CC2C. The molecule has 1 aliphatic carbocycles. The molecule has 0 radical (unpaired) electrons. The Morgan fingerprint density at radius 2 is 2.38 bits per heavy atom. The van der Waals surface area contributed by atoms with E-state index in [0.29, 0.717) is 11.9 Å². The molecular weight excluding hydrogens is 198 g/mol. The van der Waals surface area contributed by atoms with Crippen LogP contribution in [0.15, 0.2) is 17.6 Å². The average molecular weight is 221 g/mol. The van der Waals surface area contributed by atoms with Crippen molar-refractivity contribution in [1.82, 2.24) is 4.90 Å². The Morgan fingerprint density at radius 1 is 1.62 bits per heavy atom. The molecule has 2 rings (SSSR count). The molecule has 0 aromatic heterocycles. The van der Waals surface area contributed by atoms with E-state index in [2.05, 4.69) is 30.3 Å². The van der Waals surface area contributed by atoms with Crippen molar-refractivity contribution in [3.63, 3.8) is 0 Å². The van der Waals surface area contributed by atoms with Gasteiger partial charge in [0.25, 0.3) is 0 Å². The van der Waals surface area contributed by atoms with Gasteiger partial charge in [0.05, 0.1) is 12.1 Å². The predicted molar refractivity (Wildman–Crippen MR) is 68.3 cm³/mol. The fourth-order valence-corrected chi connectivity index (χ4v) is 3.34. The van der Waals surface area contributed by atoms with E-state index in [4.69, 9.17) is 5.73 Å². The maximum Gasteiger partial charge on any atom is 0.192 e.